The third kappa shape index (κ3) is 7.31. The van der Waals surface area contributed by atoms with Gasteiger partial charge >= 0.3 is 0 Å². The number of nitrogens with zero attached hydrogens (tertiary/aromatic N) is 2. The van der Waals surface area contributed by atoms with Crippen LogP contribution in [0.25, 0.3) is 66.4 Å². The van der Waals surface area contributed by atoms with Crippen LogP contribution in [0.15, 0.2) is 120 Å². The normalized spacial score (nSPS) is 16.1. The summed E-state index contributed by atoms with van der Waals surface area (Å²) < 4.78 is 109. The molecule has 51 heavy (non-hydrogen) atoms. The van der Waals surface area contributed by atoms with Crippen molar-refractivity contribution >= 4 is 32.7 Å². The van der Waals surface area contributed by atoms with Gasteiger partial charge in [-0.15, -0.1) is 53.6 Å². The Hall–Kier alpha value is -4.89. The van der Waals surface area contributed by atoms with Crippen LogP contribution in [0, 0.1) is 39.5 Å². The van der Waals surface area contributed by atoms with Crippen molar-refractivity contribution in [2.24, 2.45) is 0 Å². The molecule has 0 spiro atoms. The Morgan fingerprint density at radius 1 is 0.686 bits per heavy atom. The van der Waals surface area contributed by atoms with Crippen LogP contribution in [0.3, 0.4) is 0 Å². The summed E-state index contributed by atoms with van der Waals surface area (Å²) in [7, 11) is 0. The number of hydrogen-bond donors (Lipinski definition) is 0. The minimum absolute atomic E-state index is 0. The molecular formula is C47H42IrN2O-2. The Balaban J connectivity index is 0.000000272. The van der Waals surface area contributed by atoms with Crippen molar-refractivity contribution in [2.45, 2.75) is 60.0 Å². The van der Waals surface area contributed by atoms with E-state index < -0.39 is 33.3 Å². The zero-order chi connectivity index (χ0) is 45.7. The second kappa shape index (κ2) is 15.6. The number of aromatic nitrogens is 2. The fourth-order valence-corrected chi connectivity index (χ4v) is 6.27. The van der Waals surface area contributed by atoms with Gasteiger partial charge in [0.05, 0.1) is 5.58 Å². The second-order valence-electron chi connectivity index (χ2n) is 12.0. The number of hydrogen-bond acceptors (Lipinski definition) is 3. The summed E-state index contributed by atoms with van der Waals surface area (Å²) in [5.74, 6) is -0.954. The van der Waals surface area contributed by atoms with Gasteiger partial charge in [-0.2, -0.15) is 0 Å². The van der Waals surface area contributed by atoms with Crippen molar-refractivity contribution in [3.63, 3.8) is 0 Å². The van der Waals surface area contributed by atoms with Crippen LogP contribution in [0.1, 0.15) is 78.2 Å². The molecule has 0 saturated carbocycles. The fraction of sp³-hybridized carbons (Fsp3) is 0.191. The fourth-order valence-electron chi connectivity index (χ4n) is 6.27. The molecule has 4 heteroatoms. The van der Waals surface area contributed by atoms with Gasteiger partial charge in [-0.3, -0.25) is 0 Å². The standard InChI is InChI=1S/C34H30NO.C13H12N.Ir/c1-5-23(6-2)25-15-16-26(21(3)18-25)31-19-32(35-20-22(31)4)30-13-9-12-28-29-17-14-24-10-7-8-11-27(24)33(29)36-34(28)30;1-10-3-6-12(7-4-10)13-8-5-11(2)9-14-13;/h7-12,14-20,23H,5-6H2,1-4H3;3-6,8-9H,1-2H3;/q2*-1;/i3D3,4D3,23D;1D3,2D3;. The van der Waals surface area contributed by atoms with Crippen LogP contribution in [-0.2, 0) is 20.1 Å². The number of aryl methyl sites for hydroxylation is 4. The van der Waals surface area contributed by atoms with Gasteiger partial charge in [0.15, 0.2) is 0 Å². The maximum absolute atomic E-state index is 8.90. The summed E-state index contributed by atoms with van der Waals surface area (Å²) in [6.45, 7) is -5.63. The molecule has 3 aromatic heterocycles. The van der Waals surface area contributed by atoms with Crippen molar-refractivity contribution < 1.29 is 42.3 Å². The molecule has 0 aliphatic heterocycles. The van der Waals surface area contributed by atoms with Crippen molar-refractivity contribution in [3.8, 4) is 33.6 Å². The van der Waals surface area contributed by atoms with Gasteiger partial charge in [0.1, 0.15) is 5.58 Å². The number of benzene rings is 5. The van der Waals surface area contributed by atoms with Gasteiger partial charge in [-0.05, 0) is 89.4 Å². The van der Waals surface area contributed by atoms with E-state index in [0.29, 0.717) is 46.5 Å². The van der Waals surface area contributed by atoms with Crippen LogP contribution in [0.2, 0.25) is 0 Å². The van der Waals surface area contributed by atoms with Crippen LogP contribution in [-0.4, -0.2) is 9.97 Å². The molecule has 0 atom stereocenters. The van der Waals surface area contributed by atoms with E-state index in [2.05, 4.69) is 22.1 Å². The van der Waals surface area contributed by atoms with Crippen LogP contribution < -0.4 is 0 Å². The molecular weight excluding hydrogens is 801 g/mol. The predicted octanol–water partition coefficient (Wildman–Crippen LogP) is 13.0. The average Bonchev–Trinajstić information content (AvgIpc) is 3.64. The Bertz CT molecular complexity index is 2870. The van der Waals surface area contributed by atoms with Gasteiger partial charge in [0.25, 0.3) is 0 Å². The number of pyridine rings is 2. The Morgan fingerprint density at radius 2 is 1.49 bits per heavy atom. The molecule has 1 radical (unpaired) electrons. The zero-order valence-electron chi connectivity index (χ0n) is 41.0. The van der Waals surface area contributed by atoms with Gasteiger partial charge in [0, 0.05) is 61.1 Å². The number of fused-ring (bicyclic) bond motifs is 5. The van der Waals surface area contributed by atoms with Crippen LogP contribution >= 0.6 is 0 Å². The average molecular weight is 856 g/mol. The SMILES string of the molecule is [2H]C([2H])([2H])c1c[c-]c(-c2ccc(C([2H])([2H])[2H])cn2)cc1.[2H]C([2H])([2H])c1cnc(-c2[c-]ccc3c2oc2c4ccccc4ccc32)cc1-c1ccc(C([2H])(CC)CC)cc1C([2H])([2H])[2H].[Ir]. The molecule has 0 fully saturated rings. The molecule has 0 aliphatic carbocycles. The maximum Gasteiger partial charge on any atom is 0.128 e. The Labute approximate surface area is 333 Å². The molecule has 8 aromatic rings. The summed E-state index contributed by atoms with van der Waals surface area (Å²) in [4.78, 5) is 8.61. The van der Waals surface area contributed by atoms with Gasteiger partial charge in [0.2, 0.25) is 0 Å². The molecule has 0 unspecified atom stereocenters. The van der Waals surface area contributed by atoms with Crippen molar-refractivity contribution in [3.05, 3.63) is 155 Å². The molecule has 3 nitrogen and oxygen atoms in total. The predicted molar refractivity (Wildman–Crippen MR) is 210 cm³/mol. The molecule has 8 rings (SSSR count). The molecule has 0 bridgehead atoms. The summed E-state index contributed by atoms with van der Waals surface area (Å²) in [6, 6.07) is 36.0. The summed E-state index contributed by atoms with van der Waals surface area (Å²) >= 11 is 0. The van der Waals surface area contributed by atoms with E-state index in [1.807, 2.05) is 56.3 Å². The first-order chi connectivity index (χ1) is 29.5. The first-order valence-electron chi connectivity index (χ1n) is 22.9. The summed E-state index contributed by atoms with van der Waals surface area (Å²) in [6.07, 6.45) is 3.62. The molecule has 0 amide bonds. The van der Waals surface area contributed by atoms with E-state index in [4.69, 9.17) is 22.2 Å². The Morgan fingerprint density at radius 3 is 2.24 bits per heavy atom. The second-order valence-corrected chi connectivity index (χ2v) is 12.0. The van der Waals surface area contributed by atoms with Crippen molar-refractivity contribution in [2.75, 3.05) is 0 Å². The van der Waals surface area contributed by atoms with Crippen LogP contribution in [0.4, 0.5) is 0 Å². The molecule has 5 aromatic carbocycles. The van der Waals surface area contributed by atoms with Crippen LogP contribution in [0.5, 0.6) is 0 Å². The number of rotatable bonds is 6. The monoisotopic (exact) mass is 856 g/mol. The van der Waals surface area contributed by atoms with E-state index in [9.17, 15) is 0 Å². The van der Waals surface area contributed by atoms with E-state index >= 15 is 0 Å². The van der Waals surface area contributed by atoms with Gasteiger partial charge < -0.3 is 14.4 Å². The quantitative estimate of drug-likeness (QED) is 0.156. The molecule has 0 N–H and O–H groups in total. The zero-order valence-corrected chi connectivity index (χ0v) is 30.4. The van der Waals surface area contributed by atoms with E-state index in [-0.39, 0.29) is 53.5 Å². The van der Waals surface area contributed by atoms with Crippen molar-refractivity contribution in [1.82, 2.24) is 9.97 Å². The molecule has 257 valence electrons. The Kier molecular flexibility index (Phi) is 6.96. The summed E-state index contributed by atoms with van der Waals surface area (Å²) in [5, 5.41) is 3.83. The number of furan rings is 1. The third-order valence-electron chi connectivity index (χ3n) is 8.91. The van der Waals surface area contributed by atoms with E-state index in [1.165, 1.54) is 30.6 Å². The minimum Gasteiger partial charge on any atom is -0.500 e. The van der Waals surface area contributed by atoms with Crippen molar-refractivity contribution in [1.29, 1.82) is 0 Å². The summed E-state index contributed by atoms with van der Waals surface area (Å²) in [5.41, 5.74) is 4.86. The minimum atomic E-state index is -2.55. The topological polar surface area (TPSA) is 38.9 Å². The van der Waals surface area contributed by atoms with E-state index in [1.54, 1.807) is 42.5 Å². The largest absolute Gasteiger partial charge is 0.500 e. The maximum atomic E-state index is 8.90. The molecule has 3 heterocycles. The molecule has 0 aliphatic rings. The molecule has 0 saturated heterocycles. The van der Waals surface area contributed by atoms with E-state index in [0.717, 1.165) is 27.1 Å². The first kappa shape index (κ1) is 22.8. The smallest absolute Gasteiger partial charge is 0.128 e. The third-order valence-corrected chi connectivity index (χ3v) is 8.91. The van der Waals surface area contributed by atoms with Gasteiger partial charge in [-0.1, -0.05) is 104 Å². The first-order valence-corrected chi connectivity index (χ1v) is 16.4. The van der Waals surface area contributed by atoms with Gasteiger partial charge in [-0.25, -0.2) is 0 Å².